The van der Waals surface area contributed by atoms with Gasteiger partial charge < -0.3 is 9.64 Å². The second-order valence-electron chi connectivity index (χ2n) is 3.01. The minimum Gasteiger partial charge on any atom is -0.378 e. The Labute approximate surface area is 80.3 Å². The highest BCUT2D eigenvalue weighted by molar-refractivity contribution is 7.27. The minimum atomic E-state index is 0.818. The van der Waals surface area contributed by atoms with Gasteiger partial charge in [-0.25, -0.2) is 0 Å². The topological polar surface area (TPSA) is 25.4 Å². The molecule has 0 aliphatic carbocycles. The predicted molar refractivity (Wildman–Crippen MR) is 56.6 cm³/mol. The molecule has 0 amide bonds. The number of hydrogen-bond donors (Lipinski definition) is 0. The summed E-state index contributed by atoms with van der Waals surface area (Å²) in [7, 11) is 2.66. The Balaban J connectivity index is 2.18. The lowest BCUT2D eigenvalue weighted by Crippen LogP contribution is -2.38. The lowest BCUT2D eigenvalue weighted by molar-refractivity contribution is 0.123. The molecule has 0 radical (unpaired) electrons. The van der Waals surface area contributed by atoms with Crippen LogP contribution in [0.25, 0.3) is 0 Å². The Bertz CT molecular complexity index is 287. The zero-order valence-electron chi connectivity index (χ0n) is 7.44. The third-order valence-corrected chi connectivity index (χ3v) is 2.61. The second kappa shape index (κ2) is 4.03. The molecular formula is C9H13N2OP. The van der Waals surface area contributed by atoms with Crippen LogP contribution in [0.4, 0.5) is 5.69 Å². The van der Waals surface area contributed by atoms with E-state index in [1.165, 1.54) is 5.69 Å². The molecule has 13 heavy (non-hydrogen) atoms. The number of nitrogens with zero attached hydrogens (tertiary/aromatic N) is 2. The van der Waals surface area contributed by atoms with Crippen molar-refractivity contribution in [2.24, 2.45) is 0 Å². The van der Waals surface area contributed by atoms with Crippen LogP contribution in [0.2, 0.25) is 0 Å². The number of rotatable bonds is 1. The highest BCUT2D eigenvalue weighted by Gasteiger charge is 2.12. The van der Waals surface area contributed by atoms with Crippen LogP contribution in [0.5, 0.6) is 0 Å². The molecular weight excluding hydrogens is 183 g/mol. The first kappa shape index (κ1) is 8.92. The van der Waals surface area contributed by atoms with E-state index in [9.17, 15) is 0 Å². The summed E-state index contributed by atoms with van der Waals surface area (Å²) in [5.41, 5.74) is 2.22. The van der Waals surface area contributed by atoms with Crippen LogP contribution in [-0.2, 0) is 4.74 Å². The molecule has 1 fully saturated rings. The Morgan fingerprint density at radius 1 is 1.38 bits per heavy atom. The van der Waals surface area contributed by atoms with E-state index in [2.05, 4.69) is 25.2 Å². The fraction of sp³-hybridized carbons (Fsp3) is 0.444. The summed E-state index contributed by atoms with van der Waals surface area (Å²) in [5, 5.41) is 0. The van der Waals surface area contributed by atoms with Crippen LogP contribution in [-0.4, -0.2) is 31.3 Å². The molecule has 2 rings (SSSR count). The normalized spacial score (nSPS) is 17.5. The fourth-order valence-electron chi connectivity index (χ4n) is 1.48. The molecule has 1 unspecified atom stereocenters. The van der Waals surface area contributed by atoms with Crippen LogP contribution < -0.4 is 10.3 Å². The van der Waals surface area contributed by atoms with E-state index in [1.54, 1.807) is 0 Å². The molecule has 1 saturated heterocycles. The van der Waals surface area contributed by atoms with Gasteiger partial charge in [0.05, 0.1) is 24.3 Å². The molecule has 1 aromatic rings. The van der Waals surface area contributed by atoms with Crippen molar-refractivity contribution in [2.45, 2.75) is 0 Å². The molecule has 4 heteroatoms. The molecule has 70 valence electrons. The molecule has 0 bridgehead atoms. The van der Waals surface area contributed by atoms with Crippen molar-refractivity contribution < 1.29 is 4.74 Å². The molecule has 2 heterocycles. The van der Waals surface area contributed by atoms with E-state index >= 15 is 0 Å². The Hall–Kier alpha value is -0.660. The lowest BCUT2D eigenvalue weighted by atomic mass is 10.3. The zero-order chi connectivity index (χ0) is 9.10. The Morgan fingerprint density at radius 3 is 2.85 bits per heavy atom. The predicted octanol–water partition coefficient (Wildman–Crippen LogP) is 0.419. The fourth-order valence-corrected chi connectivity index (χ4v) is 1.85. The van der Waals surface area contributed by atoms with Crippen LogP contribution in [0.1, 0.15) is 0 Å². The monoisotopic (exact) mass is 196 g/mol. The molecule has 0 saturated carbocycles. The van der Waals surface area contributed by atoms with Gasteiger partial charge in [0, 0.05) is 19.3 Å². The second-order valence-corrected chi connectivity index (χ2v) is 3.55. The van der Waals surface area contributed by atoms with Gasteiger partial charge in [-0.3, -0.25) is 4.98 Å². The van der Waals surface area contributed by atoms with Crippen molar-refractivity contribution in [3.63, 3.8) is 0 Å². The Morgan fingerprint density at radius 2 is 2.15 bits per heavy atom. The van der Waals surface area contributed by atoms with Gasteiger partial charge >= 0.3 is 0 Å². The van der Waals surface area contributed by atoms with Gasteiger partial charge in [-0.1, -0.05) is 9.24 Å². The van der Waals surface area contributed by atoms with Crippen molar-refractivity contribution in [3.05, 3.63) is 18.3 Å². The van der Waals surface area contributed by atoms with E-state index in [0.29, 0.717) is 0 Å². The van der Waals surface area contributed by atoms with Gasteiger partial charge in [0.15, 0.2) is 0 Å². The van der Waals surface area contributed by atoms with Gasteiger partial charge in [0.25, 0.3) is 0 Å². The summed E-state index contributed by atoms with van der Waals surface area (Å²) in [5.74, 6) is 0. The van der Waals surface area contributed by atoms with Crippen LogP contribution in [0.3, 0.4) is 0 Å². The molecule has 1 aliphatic heterocycles. The van der Waals surface area contributed by atoms with Crippen molar-refractivity contribution in [3.8, 4) is 0 Å². The highest BCUT2D eigenvalue weighted by Crippen LogP contribution is 2.13. The third kappa shape index (κ3) is 1.98. The first-order valence-corrected chi connectivity index (χ1v) is 4.99. The number of anilines is 1. The number of pyridine rings is 1. The summed E-state index contributed by atoms with van der Waals surface area (Å²) in [6.07, 6.45) is 1.81. The van der Waals surface area contributed by atoms with Gasteiger partial charge in [-0.05, 0) is 12.1 Å². The van der Waals surface area contributed by atoms with Gasteiger partial charge in [-0.15, -0.1) is 0 Å². The number of morpholine rings is 1. The van der Waals surface area contributed by atoms with Crippen molar-refractivity contribution >= 4 is 20.4 Å². The largest absolute Gasteiger partial charge is 0.378 e. The van der Waals surface area contributed by atoms with Crippen molar-refractivity contribution in [2.75, 3.05) is 31.2 Å². The van der Waals surface area contributed by atoms with E-state index in [1.807, 2.05) is 12.3 Å². The third-order valence-electron chi connectivity index (χ3n) is 2.17. The standard InChI is InChI=1S/C9H13N2OP/c13-9-8(2-1-3-10-9)11-4-6-12-7-5-11/h1-3H,4-7,13H2. The van der Waals surface area contributed by atoms with E-state index in [0.717, 1.165) is 31.7 Å². The molecule has 0 aromatic carbocycles. The molecule has 1 aliphatic rings. The summed E-state index contributed by atoms with van der Waals surface area (Å²) in [6, 6.07) is 4.07. The molecule has 1 aromatic heterocycles. The average Bonchev–Trinajstić information content (AvgIpc) is 2.20. The number of ether oxygens (including phenoxy) is 1. The first-order chi connectivity index (χ1) is 6.38. The maximum atomic E-state index is 5.29. The average molecular weight is 196 g/mol. The van der Waals surface area contributed by atoms with Gasteiger partial charge in [0.2, 0.25) is 0 Å². The Kier molecular flexibility index (Phi) is 2.77. The molecule has 0 spiro atoms. The van der Waals surface area contributed by atoms with Gasteiger partial charge in [-0.2, -0.15) is 0 Å². The summed E-state index contributed by atoms with van der Waals surface area (Å²) in [4.78, 5) is 6.54. The summed E-state index contributed by atoms with van der Waals surface area (Å²) >= 11 is 0. The minimum absolute atomic E-state index is 0.818. The van der Waals surface area contributed by atoms with Crippen molar-refractivity contribution in [1.29, 1.82) is 0 Å². The summed E-state index contributed by atoms with van der Waals surface area (Å²) < 4.78 is 5.29. The number of hydrogen-bond acceptors (Lipinski definition) is 3. The zero-order valence-corrected chi connectivity index (χ0v) is 8.60. The first-order valence-electron chi connectivity index (χ1n) is 4.41. The van der Waals surface area contributed by atoms with Crippen molar-refractivity contribution in [1.82, 2.24) is 4.98 Å². The molecule has 0 N–H and O–H groups in total. The summed E-state index contributed by atoms with van der Waals surface area (Å²) in [6.45, 7) is 3.57. The van der Waals surface area contributed by atoms with E-state index < -0.39 is 0 Å². The maximum absolute atomic E-state index is 5.29. The lowest BCUT2D eigenvalue weighted by Gasteiger charge is -2.29. The van der Waals surface area contributed by atoms with Crippen LogP contribution >= 0.6 is 9.24 Å². The number of aromatic nitrogens is 1. The van der Waals surface area contributed by atoms with Crippen LogP contribution in [0.15, 0.2) is 18.3 Å². The van der Waals surface area contributed by atoms with E-state index in [-0.39, 0.29) is 0 Å². The highest BCUT2D eigenvalue weighted by atomic mass is 31.0. The van der Waals surface area contributed by atoms with E-state index in [4.69, 9.17) is 4.74 Å². The quantitative estimate of drug-likeness (QED) is 0.609. The smallest absolute Gasteiger partial charge is 0.0800 e. The van der Waals surface area contributed by atoms with Crippen LogP contribution in [0, 0.1) is 0 Å². The molecule has 1 atom stereocenters. The SMILES string of the molecule is Pc1ncccc1N1CCOCC1. The maximum Gasteiger partial charge on any atom is 0.0800 e. The molecule has 3 nitrogen and oxygen atoms in total. The van der Waals surface area contributed by atoms with Gasteiger partial charge in [0.1, 0.15) is 0 Å².